The Labute approximate surface area is 121 Å². The summed E-state index contributed by atoms with van der Waals surface area (Å²) in [5, 5.41) is 13.5. The van der Waals surface area contributed by atoms with Gasteiger partial charge in [0.2, 0.25) is 0 Å². The highest BCUT2D eigenvalue weighted by atomic mass is 16.5. The summed E-state index contributed by atoms with van der Waals surface area (Å²) in [7, 11) is 1.59. The molecule has 1 saturated heterocycles. The van der Waals surface area contributed by atoms with Crippen LogP contribution in [0.2, 0.25) is 0 Å². The van der Waals surface area contributed by atoms with Crippen LogP contribution in [0, 0.1) is 0 Å². The lowest BCUT2D eigenvalue weighted by Gasteiger charge is -2.32. The van der Waals surface area contributed by atoms with E-state index in [1.807, 2.05) is 12.1 Å². The van der Waals surface area contributed by atoms with Crippen molar-refractivity contribution in [1.29, 1.82) is 0 Å². The van der Waals surface area contributed by atoms with E-state index < -0.39 is 0 Å². The summed E-state index contributed by atoms with van der Waals surface area (Å²) >= 11 is 0. The van der Waals surface area contributed by atoms with Crippen LogP contribution >= 0.6 is 0 Å². The molecule has 1 fully saturated rings. The van der Waals surface area contributed by atoms with E-state index in [4.69, 9.17) is 4.74 Å². The summed E-state index contributed by atoms with van der Waals surface area (Å²) in [6, 6.07) is 4.50. The van der Waals surface area contributed by atoms with Crippen molar-refractivity contribution in [1.82, 2.24) is 10.2 Å². The van der Waals surface area contributed by atoms with Gasteiger partial charge in [0.25, 0.3) is 0 Å². The van der Waals surface area contributed by atoms with E-state index in [9.17, 15) is 5.11 Å². The maximum Gasteiger partial charge on any atom is 0.161 e. The van der Waals surface area contributed by atoms with Crippen molar-refractivity contribution in [2.75, 3.05) is 26.7 Å². The number of hydrogen-bond acceptors (Lipinski definition) is 4. The number of aromatic hydroxyl groups is 1. The van der Waals surface area contributed by atoms with E-state index in [0.717, 1.165) is 31.7 Å². The number of phenols is 1. The first-order chi connectivity index (χ1) is 9.63. The lowest BCUT2D eigenvalue weighted by atomic mass is 10.0. The van der Waals surface area contributed by atoms with Gasteiger partial charge < -0.3 is 15.2 Å². The zero-order valence-electron chi connectivity index (χ0n) is 12.4. The second-order valence-electron chi connectivity index (χ2n) is 5.39. The molecule has 20 heavy (non-hydrogen) atoms. The van der Waals surface area contributed by atoms with Gasteiger partial charge in [0, 0.05) is 37.8 Å². The minimum absolute atomic E-state index is 0.227. The molecule has 0 aliphatic carbocycles. The van der Waals surface area contributed by atoms with Gasteiger partial charge in [0.15, 0.2) is 11.5 Å². The Kier molecular flexibility index (Phi) is 5.04. The Bertz CT molecular complexity index is 474. The quantitative estimate of drug-likeness (QED) is 0.807. The largest absolute Gasteiger partial charge is 0.504 e. The third-order valence-electron chi connectivity index (χ3n) is 3.66. The van der Waals surface area contributed by atoms with E-state index >= 15 is 0 Å². The van der Waals surface area contributed by atoms with Crippen LogP contribution in [-0.4, -0.2) is 42.8 Å². The fourth-order valence-corrected chi connectivity index (χ4v) is 2.70. The van der Waals surface area contributed by atoms with Gasteiger partial charge in [-0.2, -0.15) is 0 Å². The number of allylic oxidation sites excluding steroid dienone is 1. The Morgan fingerprint density at radius 3 is 3.00 bits per heavy atom. The van der Waals surface area contributed by atoms with Crippen LogP contribution in [0.1, 0.15) is 18.1 Å². The van der Waals surface area contributed by atoms with E-state index in [-0.39, 0.29) is 5.75 Å². The van der Waals surface area contributed by atoms with Gasteiger partial charge in [-0.25, -0.2) is 0 Å². The van der Waals surface area contributed by atoms with Crippen LogP contribution in [0.5, 0.6) is 11.5 Å². The molecule has 4 heteroatoms. The first kappa shape index (κ1) is 14.9. The first-order valence-corrected chi connectivity index (χ1v) is 7.09. The van der Waals surface area contributed by atoms with Gasteiger partial charge in [-0.05, 0) is 25.0 Å². The zero-order chi connectivity index (χ0) is 14.5. The molecule has 0 saturated carbocycles. The summed E-state index contributed by atoms with van der Waals surface area (Å²) in [6.07, 6.45) is 2.44. The fourth-order valence-electron chi connectivity index (χ4n) is 2.70. The molecule has 2 rings (SSSR count). The molecule has 4 nitrogen and oxygen atoms in total. The minimum atomic E-state index is 0.227. The third-order valence-corrected chi connectivity index (χ3v) is 3.66. The molecule has 0 bridgehead atoms. The highest BCUT2D eigenvalue weighted by Gasteiger charge is 2.17. The molecule has 1 atom stereocenters. The molecule has 1 aromatic rings. The summed E-state index contributed by atoms with van der Waals surface area (Å²) in [5.74, 6) is 0.771. The maximum atomic E-state index is 10.1. The van der Waals surface area contributed by atoms with Crippen LogP contribution < -0.4 is 10.1 Å². The molecular weight excluding hydrogens is 252 g/mol. The molecule has 1 heterocycles. The van der Waals surface area contributed by atoms with Crippen molar-refractivity contribution in [3.8, 4) is 11.5 Å². The molecule has 0 amide bonds. The van der Waals surface area contributed by atoms with Crippen LogP contribution in [0.3, 0.4) is 0 Å². The van der Waals surface area contributed by atoms with Crippen molar-refractivity contribution >= 4 is 0 Å². The van der Waals surface area contributed by atoms with Gasteiger partial charge in [0.1, 0.15) is 0 Å². The first-order valence-electron chi connectivity index (χ1n) is 7.09. The number of nitrogens with one attached hydrogen (secondary N) is 1. The van der Waals surface area contributed by atoms with Crippen molar-refractivity contribution < 1.29 is 9.84 Å². The number of rotatable bonds is 5. The van der Waals surface area contributed by atoms with Crippen molar-refractivity contribution in [3.63, 3.8) is 0 Å². The monoisotopic (exact) mass is 276 g/mol. The average Bonchev–Trinajstić information content (AvgIpc) is 2.42. The summed E-state index contributed by atoms with van der Waals surface area (Å²) in [6.45, 7) is 9.93. The van der Waals surface area contributed by atoms with E-state index in [2.05, 4.69) is 23.7 Å². The molecule has 1 aliphatic heterocycles. The third kappa shape index (κ3) is 3.52. The Hall–Kier alpha value is -1.52. The number of benzene rings is 1. The van der Waals surface area contributed by atoms with Gasteiger partial charge in [0.05, 0.1) is 7.11 Å². The Morgan fingerprint density at radius 1 is 1.55 bits per heavy atom. The van der Waals surface area contributed by atoms with E-state index in [0.29, 0.717) is 18.2 Å². The minimum Gasteiger partial charge on any atom is -0.504 e. The number of phenolic OH excluding ortho intramolecular Hbond substituents is 1. The topological polar surface area (TPSA) is 44.7 Å². The lowest BCUT2D eigenvalue weighted by Crippen LogP contribution is -2.48. The number of ether oxygens (including phenoxy) is 1. The summed E-state index contributed by atoms with van der Waals surface area (Å²) in [4.78, 5) is 2.42. The van der Waals surface area contributed by atoms with Crippen molar-refractivity contribution in [2.45, 2.75) is 25.9 Å². The number of hydrogen-bond donors (Lipinski definition) is 2. The number of piperazine rings is 1. The molecule has 2 N–H and O–H groups in total. The van der Waals surface area contributed by atoms with E-state index in [1.54, 1.807) is 13.2 Å². The van der Waals surface area contributed by atoms with E-state index in [1.165, 1.54) is 5.56 Å². The SMILES string of the molecule is C=CCc1cc(CN2CCNC(C)C2)cc(OC)c1O. The zero-order valence-corrected chi connectivity index (χ0v) is 12.4. The maximum absolute atomic E-state index is 10.1. The van der Waals surface area contributed by atoms with Gasteiger partial charge in [-0.15, -0.1) is 6.58 Å². The van der Waals surface area contributed by atoms with Gasteiger partial charge >= 0.3 is 0 Å². The molecule has 0 aromatic heterocycles. The normalized spacial score (nSPS) is 19.8. The second-order valence-corrected chi connectivity index (χ2v) is 5.39. The standard InChI is InChI=1S/C16H24N2O2/c1-4-5-14-8-13(9-15(20-3)16(14)19)11-18-7-6-17-12(2)10-18/h4,8-9,12,17,19H,1,5-7,10-11H2,2-3H3. The smallest absolute Gasteiger partial charge is 0.161 e. The summed E-state index contributed by atoms with van der Waals surface area (Å²) in [5.41, 5.74) is 2.04. The molecular formula is C16H24N2O2. The van der Waals surface area contributed by atoms with Crippen molar-refractivity contribution in [2.24, 2.45) is 0 Å². The van der Waals surface area contributed by atoms with Crippen LogP contribution in [0.15, 0.2) is 24.8 Å². The van der Waals surface area contributed by atoms with Crippen LogP contribution in [-0.2, 0) is 13.0 Å². The summed E-state index contributed by atoms with van der Waals surface area (Å²) < 4.78 is 5.27. The van der Waals surface area contributed by atoms with Gasteiger partial charge in [-0.1, -0.05) is 12.1 Å². The van der Waals surface area contributed by atoms with Gasteiger partial charge in [-0.3, -0.25) is 4.90 Å². The average molecular weight is 276 g/mol. The molecule has 110 valence electrons. The highest BCUT2D eigenvalue weighted by molar-refractivity contribution is 5.49. The predicted molar refractivity (Wildman–Crippen MR) is 81.3 cm³/mol. The highest BCUT2D eigenvalue weighted by Crippen LogP contribution is 2.32. The molecule has 1 unspecified atom stereocenters. The molecule has 0 radical (unpaired) electrons. The Morgan fingerprint density at radius 2 is 2.35 bits per heavy atom. The predicted octanol–water partition coefficient (Wildman–Crippen LogP) is 1.92. The number of nitrogens with zero attached hydrogens (tertiary/aromatic N) is 1. The van der Waals surface area contributed by atoms with Crippen molar-refractivity contribution in [3.05, 3.63) is 35.9 Å². The Balaban J connectivity index is 2.18. The fraction of sp³-hybridized carbons (Fsp3) is 0.500. The number of methoxy groups -OCH3 is 1. The van der Waals surface area contributed by atoms with Crippen LogP contribution in [0.4, 0.5) is 0 Å². The van der Waals surface area contributed by atoms with Crippen LogP contribution in [0.25, 0.3) is 0 Å². The molecule has 1 aliphatic rings. The molecule has 1 aromatic carbocycles. The second kappa shape index (κ2) is 6.77. The lowest BCUT2D eigenvalue weighted by molar-refractivity contribution is 0.199. The molecule has 0 spiro atoms.